The van der Waals surface area contributed by atoms with Gasteiger partial charge in [0.2, 0.25) is 0 Å². The van der Waals surface area contributed by atoms with Crippen LogP contribution in [0.2, 0.25) is 0 Å². The largest absolute Gasteiger partial charge is 0.508 e. The second kappa shape index (κ2) is 5.84. The van der Waals surface area contributed by atoms with Crippen molar-refractivity contribution in [3.05, 3.63) is 60.7 Å². The van der Waals surface area contributed by atoms with Gasteiger partial charge in [-0.1, -0.05) is 24.3 Å². The highest BCUT2D eigenvalue weighted by Gasteiger charge is 1.98. The number of fused-ring (bicyclic) bond motifs is 1. The van der Waals surface area contributed by atoms with Gasteiger partial charge in [-0.3, -0.25) is 0 Å². The van der Waals surface area contributed by atoms with Crippen LogP contribution in [0.4, 0.5) is 11.4 Å². The molecule has 0 saturated carbocycles. The molecule has 3 rings (SSSR count). The summed E-state index contributed by atoms with van der Waals surface area (Å²) in [5.41, 5.74) is 12.2. The molecule has 4 heteroatoms. The lowest BCUT2D eigenvalue weighted by Crippen LogP contribution is -1.87. The molecule has 0 aliphatic heterocycles. The van der Waals surface area contributed by atoms with Crippen LogP contribution in [0.3, 0.4) is 0 Å². The first-order chi connectivity index (χ1) is 9.56. The van der Waals surface area contributed by atoms with Gasteiger partial charge >= 0.3 is 0 Å². The normalized spacial score (nSPS) is 9.80. The monoisotopic (exact) mass is 268 g/mol. The summed E-state index contributed by atoms with van der Waals surface area (Å²) in [5.74, 6) is 0.368. The van der Waals surface area contributed by atoms with Crippen LogP contribution in [0.25, 0.3) is 10.8 Å². The Kier molecular flexibility index (Phi) is 3.96. The van der Waals surface area contributed by atoms with E-state index in [4.69, 9.17) is 16.6 Å². The van der Waals surface area contributed by atoms with Gasteiger partial charge in [0.1, 0.15) is 11.5 Å². The molecule has 0 amide bonds. The molecule has 0 heterocycles. The molecule has 0 spiro atoms. The van der Waals surface area contributed by atoms with E-state index in [1.54, 1.807) is 48.5 Å². The van der Waals surface area contributed by atoms with Gasteiger partial charge in [-0.25, -0.2) is 0 Å². The highest BCUT2D eigenvalue weighted by atomic mass is 16.3. The second-order valence-electron chi connectivity index (χ2n) is 4.35. The molecule has 4 nitrogen and oxygen atoms in total. The average Bonchev–Trinajstić information content (AvgIpc) is 2.40. The van der Waals surface area contributed by atoms with E-state index in [0.29, 0.717) is 16.8 Å². The van der Waals surface area contributed by atoms with E-state index in [-0.39, 0.29) is 11.5 Å². The Morgan fingerprint density at radius 3 is 1.95 bits per heavy atom. The van der Waals surface area contributed by atoms with Crippen molar-refractivity contribution in [2.75, 3.05) is 11.5 Å². The number of nitrogen functional groups attached to an aromatic ring is 2. The summed E-state index contributed by atoms with van der Waals surface area (Å²) >= 11 is 0. The van der Waals surface area contributed by atoms with Crippen LogP contribution in [0.1, 0.15) is 0 Å². The Balaban J connectivity index is 0.000000160. The number of phenolic OH excluding ortho intramolecular Hbond substituents is 2. The molecule has 3 aromatic rings. The number of hydrogen-bond donors (Lipinski definition) is 4. The van der Waals surface area contributed by atoms with Crippen molar-refractivity contribution >= 4 is 22.1 Å². The van der Waals surface area contributed by atoms with Gasteiger partial charge in [0.15, 0.2) is 0 Å². The zero-order chi connectivity index (χ0) is 14.5. The zero-order valence-corrected chi connectivity index (χ0v) is 10.8. The first-order valence-corrected chi connectivity index (χ1v) is 6.08. The van der Waals surface area contributed by atoms with E-state index in [1.165, 1.54) is 0 Å². The zero-order valence-electron chi connectivity index (χ0n) is 10.8. The Morgan fingerprint density at radius 2 is 1.35 bits per heavy atom. The van der Waals surface area contributed by atoms with Crippen LogP contribution in [0.5, 0.6) is 11.5 Å². The lowest BCUT2D eigenvalue weighted by molar-refractivity contribution is 0.471. The van der Waals surface area contributed by atoms with Gasteiger partial charge in [-0.15, -0.1) is 0 Å². The Morgan fingerprint density at radius 1 is 0.700 bits per heavy atom. The highest BCUT2D eigenvalue weighted by Crippen LogP contribution is 2.27. The molecule has 0 unspecified atom stereocenters. The van der Waals surface area contributed by atoms with Crippen molar-refractivity contribution in [2.45, 2.75) is 0 Å². The van der Waals surface area contributed by atoms with E-state index in [0.717, 1.165) is 5.39 Å². The maximum absolute atomic E-state index is 9.38. The van der Waals surface area contributed by atoms with Crippen LogP contribution >= 0.6 is 0 Å². The standard InChI is InChI=1S/C10H8O2.C6H8N2/c11-8-5-4-7-2-1-3-10(12)9(7)6-8;7-5-2-1-3-6(8)4-5/h1-6,11-12H;1-4H,7-8H2. The van der Waals surface area contributed by atoms with Crippen molar-refractivity contribution in [3.8, 4) is 11.5 Å². The first-order valence-electron chi connectivity index (χ1n) is 6.08. The van der Waals surface area contributed by atoms with Crippen LogP contribution in [-0.2, 0) is 0 Å². The fourth-order valence-corrected chi connectivity index (χ4v) is 1.80. The molecule has 0 saturated heterocycles. The van der Waals surface area contributed by atoms with E-state index in [2.05, 4.69) is 0 Å². The molecule has 6 N–H and O–H groups in total. The first kappa shape index (κ1) is 13.5. The summed E-state index contributed by atoms with van der Waals surface area (Å²) in [6, 6.07) is 17.3. The molecule has 102 valence electrons. The fraction of sp³-hybridized carbons (Fsp3) is 0. The van der Waals surface area contributed by atoms with Crippen molar-refractivity contribution in [3.63, 3.8) is 0 Å². The van der Waals surface area contributed by atoms with Crippen LogP contribution in [-0.4, -0.2) is 10.2 Å². The topological polar surface area (TPSA) is 92.5 Å². The molecule has 3 aromatic carbocycles. The van der Waals surface area contributed by atoms with Crippen LogP contribution in [0, 0.1) is 0 Å². The second-order valence-corrected chi connectivity index (χ2v) is 4.35. The number of anilines is 2. The summed E-state index contributed by atoms with van der Waals surface area (Å²) in [5, 5.41) is 20.1. The summed E-state index contributed by atoms with van der Waals surface area (Å²) in [7, 11) is 0. The lowest BCUT2D eigenvalue weighted by Gasteiger charge is -2.00. The van der Waals surface area contributed by atoms with E-state index >= 15 is 0 Å². The summed E-state index contributed by atoms with van der Waals surface area (Å²) in [4.78, 5) is 0. The number of phenols is 2. The third kappa shape index (κ3) is 3.32. The molecule has 0 atom stereocenters. The Hall–Kier alpha value is -2.88. The third-order valence-corrected chi connectivity index (χ3v) is 2.75. The maximum Gasteiger partial charge on any atom is 0.123 e. The molecule has 0 radical (unpaired) electrons. The summed E-state index contributed by atoms with van der Waals surface area (Å²) < 4.78 is 0. The molecule has 0 aromatic heterocycles. The van der Waals surface area contributed by atoms with Crippen LogP contribution < -0.4 is 11.5 Å². The van der Waals surface area contributed by atoms with Gasteiger partial charge in [0, 0.05) is 16.8 Å². The molecule has 0 aliphatic carbocycles. The SMILES string of the molecule is Nc1cccc(N)c1.Oc1ccc2cccc(O)c2c1. The quantitative estimate of drug-likeness (QED) is 0.471. The van der Waals surface area contributed by atoms with Crippen molar-refractivity contribution in [2.24, 2.45) is 0 Å². The summed E-state index contributed by atoms with van der Waals surface area (Å²) in [6.07, 6.45) is 0. The lowest BCUT2D eigenvalue weighted by atomic mass is 10.1. The molecular weight excluding hydrogens is 252 g/mol. The third-order valence-electron chi connectivity index (χ3n) is 2.75. The maximum atomic E-state index is 9.38. The summed E-state index contributed by atoms with van der Waals surface area (Å²) in [6.45, 7) is 0. The van der Waals surface area contributed by atoms with Crippen molar-refractivity contribution in [1.29, 1.82) is 0 Å². The molecule has 0 fully saturated rings. The minimum atomic E-state index is 0.170. The van der Waals surface area contributed by atoms with E-state index in [9.17, 15) is 5.11 Å². The van der Waals surface area contributed by atoms with Gasteiger partial charge < -0.3 is 21.7 Å². The van der Waals surface area contributed by atoms with Crippen LogP contribution in [0.15, 0.2) is 60.7 Å². The fourth-order valence-electron chi connectivity index (χ4n) is 1.80. The number of benzene rings is 3. The minimum absolute atomic E-state index is 0.170. The van der Waals surface area contributed by atoms with Gasteiger partial charge in [-0.05, 0) is 41.8 Å². The molecule has 0 bridgehead atoms. The van der Waals surface area contributed by atoms with Gasteiger partial charge in [-0.2, -0.15) is 0 Å². The Bertz CT molecular complexity index is 709. The number of hydrogen-bond acceptors (Lipinski definition) is 4. The predicted molar refractivity (Wildman–Crippen MR) is 82.5 cm³/mol. The Labute approximate surface area is 116 Å². The van der Waals surface area contributed by atoms with Gasteiger partial charge in [0.05, 0.1) is 0 Å². The number of aromatic hydroxyl groups is 2. The van der Waals surface area contributed by atoms with Gasteiger partial charge in [0.25, 0.3) is 0 Å². The molecular formula is C16H16N2O2. The van der Waals surface area contributed by atoms with E-state index in [1.807, 2.05) is 12.1 Å². The van der Waals surface area contributed by atoms with E-state index < -0.39 is 0 Å². The molecule has 0 aliphatic rings. The smallest absolute Gasteiger partial charge is 0.123 e. The number of rotatable bonds is 0. The minimum Gasteiger partial charge on any atom is -0.508 e. The number of nitrogens with two attached hydrogens (primary N) is 2. The predicted octanol–water partition coefficient (Wildman–Crippen LogP) is 3.10. The van der Waals surface area contributed by atoms with Crippen molar-refractivity contribution in [1.82, 2.24) is 0 Å². The average molecular weight is 268 g/mol. The highest BCUT2D eigenvalue weighted by molar-refractivity contribution is 5.89. The van der Waals surface area contributed by atoms with Crippen molar-refractivity contribution < 1.29 is 10.2 Å². The molecule has 20 heavy (non-hydrogen) atoms.